The zero-order valence-electron chi connectivity index (χ0n) is 15.0. The highest BCUT2D eigenvalue weighted by Gasteiger charge is 2.44. The van der Waals surface area contributed by atoms with Gasteiger partial charge in [-0.05, 0) is 29.9 Å². The smallest absolute Gasteiger partial charge is 0.193 e. The number of Topliss-reactive ketones (excluding diaryl/α,β-unsaturated/α-hetero) is 1. The molecule has 1 heterocycles. The molecule has 6 heteroatoms. The molecule has 0 saturated heterocycles. The number of hydrogen-bond donors (Lipinski definition) is 1. The molecular formula is C21H20N2O3S. The Hall–Kier alpha value is -2.57. The topological polar surface area (TPSA) is 59.9 Å². The van der Waals surface area contributed by atoms with Crippen LogP contribution in [0.4, 0.5) is 0 Å². The second-order valence-corrected chi connectivity index (χ2v) is 6.97. The van der Waals surface area contributed by atoms with Gasteiger partial charge < -0.3 is 14.8 Å². The van der Waals surface area contributed by atoms with E-state index in [2.05, 4.69) is 10.3 Å². The molecule has 0 spiro atoms. The van der Waals surface area contributed by atoms with Gasteiger partial charge in [0.2, 0.25) is 0 Å². The van der Waals surface area contributed by atoms with Crippen molar-refractivity contribution in [2.45, 2.75) is 12.5 Å². The fourth-order valence-corrected chi connectivity index (χ4v) is 3.87. The number of carbonyl (C=O) groups is 1. The zero-order valence-corrected chi connectivity index (χ0v) is 15.8. The normalized spacial score (nSPS) is 20.6. The van der Waals surface area contributed by atoms with Gasteiger partial charge in [0, 0.05) is 31.3 Å². The summed E-state index contributed by atoms with van der Waals surface area (Å²) < 4.78 is 10.9. The summed E-state index contributed by atoms with van der Waals surface area (Å²) in [4.78, 5) is 17.5. The number of carbonyl (C=O) groups excluding carboxylic acids is 1. The number of fused-ring (bicyclic) bond motifs is 3. The highest BCUT2D eigenvalue weighted by atomic mass is 32.1. The summed E-state index contributed by atoms with van der Waals surface area (Å²) in [5.74, 6) is 0.469. The second-order valence-electron chi connectivity index (χ2n) is 6.58. The highest BCUT2D eigenvalue weighted by Crippen LogP contribution is 2.38. The van der Waals surface area contributed by atoms with E-state index in [0.717, 1.165) is 29.0 Å². The van der Waals surface area contributed by atoms with E-state index in [4.69, 9.17) is 21.7 Å². The maximum Gasteiger partial charge on any atom is 0.193 e. The third-order valence-corrected chi connectivity index (χ3v) is 5.07. The Labute approximate surface area is 163 Å². The molecule has 5 nitrogen and oxygen atoms in total. The van der Waals surface area contributed by atoms with Crippen LogP contribution in [-0.2, 0) is 4.74 Å². The second kappa shape index (κ2) is 7.58. The van der Waals surface area contributed by atoms with Crippen molar-refractivity contribution in [3.05, 3.63) is 65.2 Å². The number of nitrogens with zero attached hydrogens (tertiary/aromatic N) is 1. The van der Waals surface area contributed by atoms with Gasteiger partial charge in [-0.15, -0.1) is 0 Å². The molecule has 2 aliphatic rings. The molecule has 2 unspecified atom stereocenters. The molecular weight excluding hydrogens is 360 g/mol. The van der Waals surface area contributed by atoms with Crippen LogP contribution in [0.15, 0.2) is 53.5 Å². The fourth-order valence-electron chi connectivity index (χ4n) is 3.64. The van der Waals surface area contributed by atoms with Crippen LogP contribution in [0.3, 0.4) is 0 Å². The molecule has 1 aliphatic heterocycles. The van der Waals surface area contributed by atoms with Crippen LogP contribution >= 0.6 is 12.2 Å². The van der Waals surface area contributed by atoms with Crippen LogP contribution in [0.5, 0.6) is 5.75 Å². The van der Waals surface area contributed by atoms with Crippen molar-refractivity contribution in [3.63, 3.8) is 0 Å². The van der Waals surface area contributed by atoms with E-state index in [1.165, 1.54) is 0 Å². The summed E-state index contributed by atoms with van der Waals surface area (Å²) in [6.45, 7) is 1.24. The first-order valence-corrected chi connectivity index (χ1v) is 9.34. The Morgan fingerprint density at radius 3 is 2.74 bits per heavy atom. The van der Waals surface area contributed by atoms with Crippen LogP contribution in [0.1, 0.15) is 33.9 Å². The van der Waals surface area contributed by atoms with Gasteiger partial charge in [0.05, 0.1) is 24.3 Å². The maximum absolute atomic E-state index is 13.0. The fraction of sp³-hybridized carbons (Fsp3) is 0.286. The van der Waals surface area contributed by atoms with Gasteiger partial charge in [-0.3, -0.25) is 4.79 Å². The lowest BCUT2D eigenvalue weighted by atomic mass is 9.87. The summed E-state index contributed by atoms with van der Waals surface area (Å²) >= 11 is 5.35. The summed E-state index contributed by atoms with van der Waals surface area (Å²) in [6, 6.07) is 15.1. The molecule has 0 aromatic heterocycles. The van der Waals surface area contributed by atoms with Gasteiger partial charge in [-0.25, -0.2) is 4.99 Å². The number of aliphatic imine (C=N–C) groups is 1. The summed E-state index contributed by atoms with van der Waals surface area (Å²) in [6.07, 6.45) is 0.819. The van der Waals surface area contributed by atoms with E-state index >= 15 is 0 Å². The van der Waals surface area contributed by atoms with E-state index in [9.17, 15) is 4.79 Å². The van der Waals surface area contributed by atoms with Crippen molar-refractivity contribution >= 4 is 28.8 Å². The van der Waals surface area contributed by atoms with Gasteiger partial charge in [0.1, 0.15) is 5.75 Å². The van der Waals surface area contributed by atoms with Crippen LogP contribution in [-0.4, -0.2) is 36.9 Å². The van der Waals surface area contributed by atoms with Crippen molar-refractivity contribution in [3.8, 4) is 5.75 Å². The van der Waals surface area contributed by atoms with Crippen LogP contribution in [0.25, 0.3) is 0 Å². The third-order valence-electron chi connectivity index (χ3n) is 4.86. The highest BCUT2D eigenvalue weighted by molar-refractivity contribution is 7.80. The number of ether oxygens (including phenoxy) is 2. The standard InChI is InChI=1S/C21H20N2O3S/c1-25-10-5-11-26-14-7-4-6-13(12-14)18-17-19(23-21(27)22-18)15-8-2-3-9-16(15)20(17)24/h2-4,6-9,12,17-18H,5,10-11H2,1H3,(H,22,27). The van der Waals surface area contributed by atoms with Gasteiger partial charge >= 0.3 is 0 Å². The molecule has 1 aliphatic carbocycles. The monoisotopic (exact) mass is 380 g/mol. The summed E-state index contributed by atoms with van der Waals surface area (Å²) in [7, 11) is 1.67. The first-order chi connectivity index (χ1) is 13.2. The van der Waals surface area contributed by atoms with Crippen molar-refractivity contribution in [1.82, 2.24) is 5.32 Å². The number of methoxy groups -OCH3 is 1. The molecule has 1 N–H and O–H groups in total. The lowest BCUT2D eigenvalue weighted by molar-refractivity contribution is 0.0944. The van der Waals surface area contributed by atoms with Crippen LogP contribution in [0.2, 0.25) is 0 Å². The number of nitrogens with one attached hydrogen (secondary N) is 1. The number of hydrogen-bond acceptors (Lipinski definition) is 4. The molecule has 2 aromatic carbocycles. The molecule has 0 amide bonds. The summed E-state index contributed by atoms with van der Waals surface area (Å²) in [5, 5.41) is 3.63. The maximum atomic E-state index is 13.0. The molecule has 27 heavy (non-hydrogen) atoms. The minimum absolute atomic E-state index is 0.0794. The molecule has 0 saturated carbocycles. The largest absolute Gasteiger partial charge is 0.493 e. The Morgan fingerprint density at radius 2 is 1.93 bits per heavy atom. The van der Waals surface area contributed by atoms with Gasteiger partial charge in [-0.1, -0.05) is 36.4 Å². The predicted molar refractivity (Wildman–Crippen MR) is 108 cm³/mol. The molecule has 0 bridgehead atoms. The van der Waals surface area contributed by atoms with Crippen molar-refractivity contribution in [2.24, 2.45) is 10.9 Å². The molecule has 138 valence electrons. The quantitative estimate of drug-likeness (QED) is 0.615. The number of ketones is 1. The van der Waals surface area contributed by atoms with E-state index in [1.54, 1.807) is 7.11 Å². The van der Waals surface area contributed by atoms with E-state index in [1.807, 2.05) is 48.5 Å². The Bertz CT molecular complexity index is 925. The Balaban J connectivity index is 1.63. The first kappa shape index (κ1) is 17.8. The van der Waals surface area contributed by atoms with Gasteiger partial charge in [0.15, 0.2) is 10.9 Å². The predicted octanol–water partition coefficient (Wildman–Crippen LogP) is 3.33. The third kappa shape index (κ3) is 3.38. The van der Waals surface area contributed by atoms with Crippen molar-refractivity contribution in [1.29, 1.82) is 0 Å². The number of rotatable bonds is 6. The van der Waals surface area contributed by atoms with Crippen molar-refractivity contribution in [2.75, 3.05) is 20.3 Å². The lowest BCUT2D eigenvalue weighted by Gasteiger charge is -2.29. The van der Waals surface area contributed by atoms with Gasteiger partial charge in [0.25, 0.3) is 0 Å². The minimum Gasteiger partial charge on any atom is -0.493 e. The average Bonchev–Trinajstić information content (AvgIpc) is 2.97. The Kier molecular flexibility index (Phi) is 5.01. The lowest BCUT2D eigenvalue weighted by Crippen LogP contribution is -2.41. The van der Waals surface area contributed by atoms with E-state index in [0.29, 0.717) is 23.9 Å². The Morgan fingerprint density at radius 1 is 1.11 bits per heavy atom. The van der Waals surface area contributed by atoms with Crippen LogP contribution in [0, 0.1) is 5.92 Å². The van der Waals surface area contributed by atoms with Crippen LogP contribution < -0.4 is 10.1 Å². The van der Waals surface area contributed by atoms with E-state index < -0.39 is 0 Å². The molecule has 0 radical (unpaired) electrons. The minimum atomic E-state index is -0.377. The van der Waals surface area contributed by atoms with Gasteiger partial charge in [-0.2, -0.15) is 0 Å². The summed E-state index contributed by atoms with van der Waals surface area (Å²) in [5.41, 5.74) is 3.31. The van der Waals surface area contributed by atoms with E-state index in [-0.39, 0.29) is 17.7 Å². The number of thiocarbonyl (C=S) groups is 1. The number of benzene rings is 2. The SMILES string of the molecule is COCCCOc1cccc(C2NC(=S)N=C3c4ccccc4C(=O)C32)c1. The molecule has 0 fully saturated rings. The molecule has 2 atom stereocenters. The zero-order chi connectivity index (χ0) is 18.8. The van der Waals surface area contributed by atoms with Crippen molar-refractivity contribution < 1.29 is 14.3 Å². The first-order valence-electron chi connectivity index (χ1n) is 8.93. The molecule has 4 rings (SSSR count). The molecule has 2 aromatic rings. The average molecular weight is 380 g/mol.